The predicted octanol–water partition coefficient (Wildman–Crippen LogP) is 4.45. The Kier molecular flexibility index (Phi) is 4.46. The third-order valence-corrected chi connectivity index (χ3v) is 8.00. The van der Waals surface area contributed by atoms with Crippen molar-refractivity contribution in [1.82, 2.24) is 4.57 Å². The summed E-state index contributed by atoms with van der Waals surface area (Å²) in [6.45, 7) is 2.05. The Morgan fingerprint density at radius 3 is 2.36 bits per heavy atom. The molecule has 4 fully saturated rings. The van der Waals surface area contributed by atoms with Gasteiger partial charge in [-0.2, -0.15) is 0 Å². The van der Waals surface area contributed by atoms with Crippen LogP contribution in [-0.2, 0) is 18.3 Å². The van der Waals surface area contributed by atoms with E-state index in [0.29, 0.717) is 6.42 Å². The van der Waals surface area contributed by atoms with Crippen LogP contribution in [0.1, 0.15) is 49.8 Å². The van der Waals surface area contributed by atoms with Crippen molar-refractivity contribution in [2.24, 2.45) is 29.8 Å². The molecule has 5 heteroatoms. The van der Waals surface area contributed by atoms with Crippen LogP contribution in [0.3, 0.4) is 0 Å². The molecule has 148 valence electrons. The van der Waals surface area contributed by atoms with Crippen molar-refractivity contribution in [3.05, 3.63) is 45.7 Å². The first-order valence-electron chi connectivity index (χ1n) is 10.5. The molecule has 1 aromatic carbocycles. The number of aromatic nitrogens is 1. The van der Waals surface area contributed by atoms with Gasteiger partial charge in [-0.3, -0.25) is 9.79 Å². The summed E-state index contributed by atoms with van der Waals surface area (Å²) < 4.78 is 2.14. The second-order valence-electron chi connectivity index (χ2n) is 9.41. The molecule has 1 aromatic heterocycles. The minimum absolute atomic E-state index is 0.0265. The third kappa shape index (κ3) is 3.45. The fourth-order valence-electron chi connectivity index (χ4n) is 6.07. The molecular weight excluding hydrogens is 366 g/mol. The molecule has 4 saturated carbocycles. The molecule has 0 unspecified atom stereocenters. The van der Waals surface area contributed by atoms with Gasteiger partial charge in [0.2, 0.25) is 5.91 Å². The highest BCUT2D eigenvalue weighted by atomic mass is 32.1. The summed E-state index contributed by atoms with van der Waals surface area (Å²) in [5, 5.41) is 5.11. The van der Waals surface area contributed by atoms with Gasteiger partial charge >= 0.3 is 0 Å². The zero-order chi connectivity index (χ0) is 19.3. The maximum Gasteiger partial charge on any atom is 0.230 e. The third-order valence-electron chi connectivity index (χ3n) is 7.03. The fraction of sp³-hybridized carbons (Fsp3) is 0.565. The number of aryl methyl sites for hydroxylation is 1. The second-order valence-corrected chi connectivity index (χ2v) is 10.2. The lowest BCUT2D eigenvalue weighted by Gasteiger charge is -2.54. The second kappa shape index (κ2) is 6.87. The number of hydrogen-bond acceptors (Lipinski definition) is 3. The lowest BCUT2D eigenvalue weighted by molar-refractivity contribution is -0.115. The molecule has 0 saturated heterocycles. The number of thiazole rings is 1. The zero-order valence-corrected chi connectivity index (χ0v) is 17.6. The topological polar surface area (TPSA) is 46.4 Å². The Morgan fingerprint density at radius 1 is 1.14 bits per heavy atom. The van der Waals surface area contributed by atoms with Crippen molar-refractivity contribution in [2.45, 2.75) is 57.4 Å². The molecule has 4 bridgehead atoms. The number of benzene rings is 1. The highest BCUT2D eigenvalue weighted by Crippen LogP contribution is 2.57. The van der Waals surface area contributed by atoms with E-state index in [9.17, 15) is 4.79 Å². The maximum absolute atomic E-state index is 12.5. The summed E-state index contributed by atoms with van der Waals surface area (Å²) in [6, 6.07) is 7.94. The molecule has 1 heterocycles. The number of amides is 1. The number of anilines is 1. The molecule has 28 heavy (non-hydrogen) atoms. The van der Waals surface area contributed by atoms with E-state index in [4.69, 9.17) is 4.99 Å². The van der Waals surface area contributed by atoms with Crippen LogP contribution in [0.4, 0.5) is 5.69 Å². The standard InChI is InChI=1S/C23H29N3OS/c1-15-3-5-19(6-4-15)24-21(27)10-20-14-28-22(26(20)2)25-23-11-16-7-17(12-23)9-18(8-16)13-23/h3-6,14,16-18H,7-13H2,1-2H3,(H,24,27). The van der Waals surface area contributed by atoms with Gasteiger partial charge in [0.1, 0.15) is 0 Å². The molecule has 6 rings (SSSR count). The molecular formula is C23H29N3OS. The first kappa shape index (κ1) is 18.2. The van der Waals surface area contributed by atoms with Gasteiger partial charge < -0.3 is 9.88 Å². The fourth-order valence-corrected chi connectivity index (χ4v) is 7.08. The minimum atomic E-state index is 0.0265. The van der Waals surface area contributed by atoms with Gasteiger partial charge in [-0.25, -0.2) is 0 Å². The number of carbonyl (C=O) groups is 1. The van der Waals surface area contributed by atoms with Crippen molar-refractivity contribution in [3.63, 3.8) is 0 Å². The Morgan fingerprint density at radius 2 is 1.75 bits per heavy atom. The molecule has 1 amide bonds. The van der Waals surface area contributed by atoms with Crippen LogP contribution in [0.15, 0.2) is 34.6 Å². The molecule has 2 aromatic rings. The smallest absolute Gasteiger partial charge is 0.230 e. The number of rotatable bonds is 4. The number of nitrogens with zero attached hydrogens (tertiary/aromatic N) is 2. The molecule has 1 N–H and O–H groups in total. The molecule has 4 nitrogen and oxygen atoms in total. The van der Waals surface area contributed by atoms with Crippen LogP contribution in [0.25, 0.3) is 0 Å². The van der Waals surface area contributed by atoms with E-state index in [1.54, 1.807) is 11.3 Å². The summed E-state index contributed by atoms with van der Waals surface area (Å²) >= 11 is 1.69. The summed E-state index contributed by atoms with van der Waals surface area (Å²) in [5.74, 6) is 2.73. The number of hydrogen-bond donors (Lipinski definition) is 1. The normalized spacial score (nSPS) is 31.4. The maximum atomic E-state index is 12.5. The van der Waals surface area contributed by atoms with Gasteiger partial charge in [0, 0.05) is 23.8 Å². The van der Waals surface area contributed by atoms with Gasteiger partial charge in [-0.05, 0) is 75.3 Å². The number of carbonyl (C=O) groups excluding carboxylic acids is 1. The van der Waals surface area contributed by atoms with Crippen molar-refractivity contribution in [2.75, 3.05) is 5.32 Å². The van der Waals surface area contributed by atoms with E-state index in [1.165, 1.54) is 44.1 Å². The molecule has 0 spiro atoms. The zero-order valence-electron chi connectivity index (χ0n) is 16.8. The summed E-state index contributed by atoms with van der Waals surface area (Å²) in [6.07, 6.45) is 8.54. The van der Waals surface area contributed by atoms with Crippen molar-refractivity contribution in [1.29, 1.82) is 0 Å². The van der Waals surface area contributed by atoms with Crippen molar-refractivity contribution in [3.8, 4) is 0 Å². The monoisotopic (exact) mass is 395 g/mol. The predicted molar refractivity (Wildman–Crippen MR) is 113 cm³/mol. The summed E-state index contributed by atoms with van der Waals surface area (Å²) in [5.41, 5.74) is 3.27. The average Bonchev–Trinajstić information content (AvgIpc) is 2.95. The first-order valence-corrected chi connectivity index (χ1v) is 11.4. The van der Waals surface area contributed by atoms with Gasteiger partial charge in [0.25, 0.3) is 0 Å². The lowest BCUT2D eigenvalue weighted by atomic mass is 9.53. The van der Waals surface area contributed by atoms with Gasteiger partial charge in [0.15, 0.2) is 4.80 Å². The Hall–Kier alpha value is -1.88. The quantitative estimate of drug-likeness (QED) is 0.817. The molecule has 0 aliphatic heterocycles. The van der Waals surface area contributed by atoms with Crippen LogP contribution in [0, 0.1) is 24.7 Å². The highest BCUT2D eigenvalue weighted by molar-refractivity contribution is 7.07. The Balaban J connectivity index is 1.33. The average molecular weight is 396 g/mol. The van der Waals surface area contributed by atoms with Crippen LogP contribution < -0.4 is 10.1 Å². The van der Waals surface area contributed by atoms with Crippen LogP contribution in [-0.4, -0.2) is 16.0 Å². The summed E-state index contributed by atoms with van der Waals surface area (Å²) in [7, 11) is 2.06. The highest BCUT2D eigenvalue weighted by Gasteiger charge is 2.51. The van der Waals surface area contributed by atoms with Crippen molar-refractivity contribution < 1.29 is 4.79 Å². The molecule has 4 aliphatic carbocycles. The minimum Gasteiger partial charge on any atom is -0.326 e. The number of nitrogens with one attached hydrogen (secondary N) is 1. The van der Waals surface area contributed by atoms with Gasteiger partial charge in [-0.1, -0.05) is 17.7 Å². The van der Waals surface area contributed by atoms with Gasteiger partial charge in [0.05, 0.1) is 12.0 Å². The Labute approximate surface area is 170 Å². The van der Waals surface area contributed by atoms with E-state index in [2.05, 4.69) is 22.3 Å². The molecule has 4 aliphatic rings. The van der Waals surface area contributed by atoms with Crippen LogP contribution >= 0.6 is 11.3 Å². The first-order chi connectivity index (χ1) is 13.5. The van der Waals surface area contributed by atoms with E-state index in [-0.39, 0.29) is 11.4 Å². The van der Waals surface area contributed by atoms with Crippen LogP contribution in [0.5, 0.6) is 0 Å². The van der Waals surface area contributed by atoms with Crippen molar-refractivity contribution >= 4 is 22.9 Å². The SMILES string of the molecule is Cc1ccc(NC(=O)Cc2csc(=NC34CC5CC(CC(C5)C3)C4)n2C)cc1. The van der Waals surface area contributed by atoms with Crippen LogP contribution in [0.2, 0.25) is 0 Å². The van der Waals surface area contributed by atoms with E-state index in [0.717, 1.165) is 33.9 Å². The summed E-state index contributed by atoms with van der Waals surface area (Å²) in [4.78, 5) is 18.9. The van der Waals surface area contributed by atoms with E-state index >= 15 is 0 Å². The molecule has 0 atom stereocenters. The largest absolute Gasteiger partial charge is 0.326 e. The Bertz CT molecular complexity index is 918. The lowest BCUT2D eigenvalue weighted by Crippen LogP contribution is -2.50. The van der Waals surface area contributed by atoms with E-state index < -0.39 is 0 Å². The van der Waals surface area contributed by atoms with Gasteiger partial charge in [-0.15, -0.1) is 11.3 Å². The molecule has 0 radical (unpaired) electrons. The van der Waals surface area contributed by atoms with E-state index in [1.807, 2.05) is 31.2 Å².